The van der Waals surface area contributed by atoms with Crippen LogP contribution in [0, 0.1) is 5.92 Å². The van der Waals surface area contributed by atoms with E-state index in [-0.39, 0.29) is 5.91 Å². The lowest BCUT2D eigenvalue weighted by Crippen LogP contribution is -2.52. The minimum atomic E-state index is 0.108. The summed E-state index contributed by atoms with van der Waals surface area (Å²) in [6.07, 6.45) is 4.86. The Balaban J connectivity index is 2.58. The molecule has 1 saturated heterocycles. The highest BCUT2D eigenvalue weighted by atomic mass is 16.1. The molecule has 17 heavy (non-hydrogen) atoms. The van der Waals surface area contributed by atoms with E-state index in [9.17, 15) is 4.79 Å². The van der Waals surface area contributed by atoms with E-state index in [0.29, 0.717) is 12.1 Å². The monoisotopic (exact) mass is 240 g/mol. The summed E-state index contributed by atoms with van der Waals surface area (Å²) in [5.74, 6) is 0.857. The zero-order valence-corrected chi connectivity index (χ0v) is 11.8. The first-order chi connectivity index (χ1) is 8.06. The molecule has 3 heteroatoms. The summed E-state index contributed by atoms with van der Waals surface area (Å²) in [5.41, 5.74) is 0. The van der Waals surface area contributed by atoms with Crippen LogP contribution in [0.15, 0.2) is 0 Å². The second kappa shape index (κ2) is 7.00. The number of nitrogens with zero attached hydrogens (tertiary/aromatic N) is 1. The minimum absolute atomic E-state index is 0.108. The van der Waals surface area contributed by atoms with E-state index in [1.807, 2.05) is 0 Å². The molecule has 0 aromatic heterocycles. The van der Waals surface area contributed by atoms with Gasteiger partial charge < -0.3 is 5.32 Å². The van der Waals surface area contributed by atoms with Crippen molar-refractivity contribution >= 4 is 5.91 Å². The summed E-state index contributed by atoms with van der Waals surface area (Å²) in [6, 6.07) is 0.984. The van der Waals surface area contributed by atoms with Gasteiger partial charge in [0.1, 0.15) is 0 Å². The second-order valence-corrected chi connectivity index (χ2v) is 5.50. The summed E-state index contributed by atoms with van der Waals surface area (Å²) in [4.78, 5) is 13.7. The molecule has 1 N–H and O–H groups in total. The van der Waals surface area contributed by atoms with Crippen LogP contribution in [0.3, 0.4) is 0 Å². The summed E-state index contributed by atoms with van der Waals surface area (Å²) in [6.45, 7) is 10.6. The number of rotatable bonds is 5. The lowest BCUT2D eigenvalue weighted by molar-refractivity contribution is -0.120. The zero-order valence-electron chi connectivity index (χ0n) is 11.8. The lowest BCUT2D eigenvalue weighted by atomic mass is 9.89. The van der Waals surface area contributed by atoms with Gasteiger partial charge in [-0.1, -0.05) is 20.3 Å². The number of nitrogens with one attached hydrogen (secondary N) is 1. The number of amides is 1. The van der Waals surface area contributed by atoms with E-state index in [0.717, 1.165) is 18.9 Å². The van der Waals surface area contributed by atoms with Gasteiger partial charge in [-0.15, -0.1) is 0 Å². The smallest absolute Gasteiger partial charge is 0.217 e. The van der Waals surface area contributed by atoms with Crippen molar-refractivity contribution in [3.8, 4) is 0 Å². The van der Waals surface area contributed by atoms with Crippen LogP contribution in [-0.4, -0.2) is 36.0 Å². The van der Waals surface area contributed by atoms with Gasteiger partial charge in [-0.2, -0.15) is 0 Å². The van der Waals surface area contributed by atoms with Crippen LogP contribution in [0.1, 0.15) is 53.4 Å². The fraction of sp³-hybridized carbons (Fsp3) is 0.929. The van der Waals surface area contributed by atoms with E-state index < -0.39 is 0 Å². The predicted molar refractivity (Wildman–Crippen MR) is 71.9 cm³/mol. The summed E-state index contributed by atoms with van der Waals surface area (Å²) < 4.78 is 0. The highest BCUT2D eigenvalue weighted by Gasteiger charge is 2.28. The molecule has 1 amide bonds. The molecule has 0 saturated carbocycles. The van der Waals surface area contributed by atoms with E-state index in [4.69, 9.17) is 0 Å². The molecule has 1 aliphatic heterocycles. The molecule has 1 aliphatic rings. The van der Waals surface area contributed by atoms with E-state index >= 15 is 0 Å². The fourth-order valence-electron chi connectivity index (χ4n) is 2.87. The molecule has 0 radical (unpaired) electrons. The Morgan fingerprint density at radius 1 is 1.41 bits per heavy atom. The maximum absolute atomic E-state index is 11.2. The number of likely N-dealkylation sites (tertiary alicyclic amines) is 1. The van der Waals surface area contributed by atoms with Gasteiger partial charge in [0, 0.05) is 32.1 Å². The van der Waals surface area contributed by atoms with Crippen molar-refractivity contribution in [3.05, 3.63) is 0 Å². The van der Waals surface area contributed by atoms with Crippen molar-refractivity contribution in [2.45, 2.75) is 65.5 Å². The van der Waals surface area contributed by atoms with Gasteiger partial charge >= 0.3 is 0 Å². The summed E-state index contributed by atoms with van der Waals surface area (Å²) in [5, 5.41) is 3.10. The third-order valence-electron chi connectivity index (χ3n) is 3.88. The van der Waals surface area contributed by atoms with Gasteiger partial charge in [-0.3, -0.25) is 9.69 Å². The minimum Gasteiger partial charge on any atom is -0.352 e. The van der Waals surface area contributed by atoms with Gasteiger partial charge in [0.25, 0.3) is 0 Å². The normalized spacial score (nSPS) is 27.8. The molecule has 0 bridgehead atoms. The Morgan fingerprint density at radius 2 is 2.12 bits per heavy atom. The highest BCUT2D eigenvalue weighted by Crippen LogP contribution is 2.23. The summed E-state index contributed by atoms with van der Waals surface area (Å²) >= 11 is 0. The quantitative estimate of drug-likeness (QED) is 0.800. The van der Waals surface area contributed by atoms with Gasteiger partial charge in [0.2, 0.25) is 5.91 Å². The molecule has 1 rings (SSSR count). The lowest BCUT2D eigenvalue weighted by Gasteiger charge is -2.41. The molecule has 3 unspecified atom stereocenters. The van der Waals surface area contributed by atoms with Crippen molar-refractivity contribution in [1.29, 1.82) is 0 Å². The van der Waals surface area contributed by atoms with Crippen LogP contribution in [0.5, 0.6) is 0 Å². The maximum atomic E-state index is 11.2. The number of hydrogen-bond donors (Lipinski definition) is 1. The standard InChI is InChI=1S/C14H28N2O/c1-5-7-13-8-14(15-12(4)17)10-16(9-13)11(3)6-2/h11,13-14H,5-10H2,1-4H3,(H,15,17). The van der Waals surface area contributed by atoms with Crippen molar-refractivity contribution in [2.75, 3.05) is 13.1 Å². The topological polar surface area (TPSA) is 32.3 Å². The number of piperidine rings is 1. The van der Waals surface area contributed by atoms with Crippen molar-refractivity contribution in [1.82, 2.24) is 10.2 Å². The molecule has 0 aromatic carbocycles. The Morgan fingerprint density at radius 3 is 2.65 bits per heavy atom. The molecule has 1 fully saturated rings. The maximum Gasteiger partial charge on any atom is 0.217 e. The van der Waals surface area contributed by atoms with Gasteiger partial charge in [0.05, 0.1) is 0 Å². The SMILES string of the molecule is CCCC1CC(NC(C)=O)CN(C(C)CC)C1. The summed E-state index contributed by atoms with van der Waals surface area (Å²) in [7, 11) is 0. The van der Waals surface area contributed by atoms with E-state index in [1.165, 1.54) is 25.8 Å². The average Bonchev–Trinajstić information content (AvgIpc) is 2.27. The van der Waals surface area contributed by atoms with Crippen LogP contribution in [0.25, 0.3) is 0 Å². The Kier molecular flexibility index (Phi) is 5.96. The first-order valence-corrected chi connectivity index (χ1v) is 7.07. The number of carbonyl (C=O) groups is 1. The molecule has 1 heterocycles. The number of hydrogen-bond acceptors (Lipinski definition) is 2. The van der Waals surface area contributed by atoms with Crippen LogP contribution < -0.4 is 5.32 Å². The molecule has 0 aromatic rings. The van der Waals surface area contributed by atoms with Crippen LogP contribution in [-0.2, 0) is 4.79 Å². The molecule has 0 spiro atoms. The van der Waals surface area contributed by atoms with Gasteiger partial charge in [-0.05, 0) is 32.1 Å². The molecule has 0 aliphatic carbocycles. The fourth-order valence-corrected chi connectivity index (χ4v) is 2.87. The third-order valence-corrected chi connectivity index (χ3v) is 3.88. The Labute approximate surface area is 106 Å². The third kappa shape index (κ3) is 4.66. The Bertz CT molecular complexity index is 242. The van der Waals surface area contributed by atoms with E-state index in [2.05, 4.69) is 31.0 Å². The van der Waals surface area contributed by atoms with Crippen LogP contribution in [0.4, 0.5) is 0 Å². The average molecular weight is 240 g/mol. The van der Waals surface area contributed by atoms with Gasteiger partial charge in [-0.25, -0.2) is 0 Å². The molecular formula is C14H28N2O. The van der Waals surface area contributed by atoms with Gasteiger partial charge in [0.15, 0.2) is 0 Å². The van der Waals surface area contributed by atoms with E-state index in [1.54, 1.807) is 6.92 Å². The molecule has 3 nitrogen and oxygen atoms in total. The first kappa shape index (κ1) is 14.5. The van der Waals surface area contributed by atoms with Crippen LogP contribution in [0.2, 0.25) is 0 Å². The molecule has 3 atom stereocenters. The van der Waals surface area contributed by atoms with Crippen molar-refractivity contribution < 1.29 is 4.79 Å². The van der Waals surface area contributed by atoms with Crippen molar-refractivity contribution in [3.63, 3.8) is 0 Å². The molecular weight excluding hydrogens is 212 g/mol. The first-order valence-electron chi connectivity index (χ1n) is 7.07. The zero-order chi connectivity index (χ0) is 12.8. The molecule has 100 valence electrons. The van der Waals surface area contributed by atoms with Crippen LogP contribution >= 0.6 is 0 Å². The highest BCUT2D eigenvalue weighted by molar-refractivity contribution is 5.73. The van der Waals surface area contributed by atoms with Crippen molar-refractivity contribution in [2.24, 2.45) is 5.92 Å². The largest absolute Gasteiger partial charge is 0.352 e. The second-order valence-electron chi connectivity index (χ2n) is 5.50. The predicted octanol–water partition coefficient (Wildman–Crippen LogP) is 2.41. The Hall–Kier alpha value is -0.570. The number of carbonyl (C=O) groups excluding carboxylic acids is 1.